The number of anilines is 1. The number of hydrogen-bond acceptors (Lipinski definition) is 1. The quantitative estimate of drug-likeness (QED) is 0.265. The number of hydrogen-bond donors (Lipinski definition) is 0. The summed E-state index contributed by atoms with van der Waals surface area (Å²) < 4.78 is 0. The summed E-state index contributed by atoms with van der Waals surface area (Å²) in [4.78, 5) is 2.60. The van der Waals surface area contributed by atoms with Crippen molar-refractivity contribution in [1.82, 2.24) is 0 Å². The molecule has 0 atom stereocenters. The van der Waals surface area contributed by atoms with E-state index < -0.39 is 0 Å². The Morgan fingerprint density at radius 2 is 1.35 bits per heavy atom. The van der Waals surface area contributed by atoms with Crippen LogP contribution in [0.25, 0.3) is 5.57 Å². The van der Waals surface area contributed by atoms with Crippen LogP contribution < -0.4 is 4.90 Å². The number of benzene rings is 2. The van der Waals surface area contributed by atoms with E-state index >= 15 is 0 Å². The van der Waals surface area contributed by atoms with Crippen LogP contribution >= 0.6 is 0 Å². The van der Waals surface area contributed by atoms with E-state index in [2.05, 4.69) is 113 Å². The molecule has 0 saturated heterocycles. The lowest BCUT2D eigenvalue weighted by atomic mass is 9.80. The minimum Gasteiger partial charge on any atom is -0.344 e. The molecule has 2 aromatic carbocycles. The number of nitrogens with zero attached hydrogens (tertiary/aromatic N) is 1. The van der Waals surface area contributed by atoms with Gasteiger partial charge in [-0.15, -0.1) is 0 Å². The molecule has 198 valence electrons. The Bertz CT molecular complexity index is 1160. The Hall–Kier alpha value is -2.54. The van der Waals surface area contributed by atoms with Gasteiger partial charge in [0.25, 0.3) is 0 Å². The zero-order valence-electron chi connectivity index (χ0n) is 24.4. The molecule has 0 radical (unpaired) electrons. The molecule has 0 amide bonds. The molecule has 0 aromatic heterocycles. The van der Waals surface area contributed by atoms with Gasteiger partial charge in [-0.2, -0.15) is 0 Å². The van der Waals surface area contributed by atoms with Crippen LogP contribution in [0.15, 0.2) is 78.0 Å². The molecule has 0 spiro atoms. The van der Waals surface area contributed by atoms with Crippen LogP contribution in [0.5, 0.6) is 0 Å². The largest absolute Gasteiger partial charge is 0.344 e. The van der Waals surface area contributed by atoms with Crippen LogP contribution in [0.3, 0.4) is 0 Å². The van der Waals surface area contributed by atoms with Crippen LogP contribution in [0, 0.1) is 0 Å². The molecule has 1 heterocycles. The molecule has 1 aliphatic carbocycles. The fourth-order valence-corrected chi connectivity index (χ4v) is 6.58. The summed E-state index contributed by atoms with van der Waals surface area (Å²) in [7, 11) is 0. The number of allylic oxidation sites excluding steroid dienone is 6. The summed E-state index contributed by atoms with van der Waals surface area (Å²) in [5.41, 5.74) is 10.4. The molecule has 0 bridgehead atoms. The molecule has 0 unspecified atom stereocenters. The third-order valence-corrected chi connectivity index (χ3v) is 8.76. The van der Waals surface area contributed by atoms with Gasteiger partial charge in [-0.05, 0) is 59.2 Å². The van der Waals surface area contributed by atoms with Crippen molar-refractivity contribution in [2.24, 2.45) is 0 Å². The molecule has 1 aliphatic heterocycles. The van der Waals surface area contributed by atoms with Gasteiger partial charge < -0.3 is 4.90 Å². The van der Waals surface area contributed by atoms with Crippen molar-refractivity contribution in [2.45, 2.75) is 110 Å². The summed E-state index contributed by atoms with van der Waals surface area (Å²) in [5, 5.41) is 0. The van der Waals surface area contributed by atoms with E-state index in [1.807, 2.05) is 0 Å². The summed E-state index contributed by atoms with van der Waals surface area (Å²) in [6.07, 6.45) is 18.8. The first-order valence-electron chi connectivity index (χ1n) is 14.9. The average Bonchev–Trinajstić information content (AvgIpc) is 3.24. The van der Waals surface area contributed by atoms with Gasteiger partial charge in [0.1, 0.15) is 0 Å². The van der Waals surface area contributed by atoms with Gasteiger partial charge in [-0.25, -0.2) is 0 Å². The number of unbranched alkanes of at least 4 members (excludes halogenated alkanes) is 6. The Morgan fingerprint density at radius 3 is 2.08 bits per heavy atom. The molecule has 2 aromatic rings. The van der Waals surface area contributed by atoms with Crippen LogP contribution in [0.1, 0.15) is 116 Å². The lowest BCUT2D eigenvalue weighted by Gasteiger charge is -2.27. The standard InChI is InChI=1S/C36H49N/c1-7-9-11-13-20-28-29-21-14-15-22-30(29)35(3,4)31(28)24-19-26-34-36(5,6)32-23-16-17-25-33(32)37(34)27-18-12-10-8-2/h14-17,19,21-26H,7-13,18,20,27H2,1-6H3. The van der Waals surface area contributed by atoms with E-state index in [-0.39, 0.29) is 10.8 Å². The van der Waals surface area contributed by atoms with Crippen LogP contribution in [0.2, 0.25) is 0 Å². The molecule has 0 fully saturated rings. The van der Waals surface area contributed by atoms with E-state index in [1.54, 1.807) is 5.57 Å². The molecule has 1 nitrogen and oxygen atoms in total. The number of rotatable bonds is 12. The van der Waals surface area contributed by atoms with Crippen molar-refractivity contribution >= 4 is 11.3 Å². The fourth-order valence-electron chi connectivity index (χ4n) is 6.58. The van der Waals surface area contributed by atoms with E-state index in [9.17, 15) is 0 Å². The Morgan fingerprint density at radius 1 is 0.703 bits per heavy atom. The SMILES string of the molecule is CCCCCCC1=C(C=CC=C2N(CCCCCC)c3ccccc3C2(C)C)C(C)(C)c2ccccc21. The highest BCUT2D eigenvalue weighted by Crippen LogP contribution is 2.50. The van der Waals surface area contributed by atoms with E-state index in [1.165, 1.54) is 91.4 Å². The second kappa shape index (κ2) is 11.9. The first-order chi connectivity index (χ1) is 17.8. The predicted octanol–water partition coefficient (Wildman–Crippen LogP) is 10.5. The average molecular weight is 496 g/mol. The van der Waals surface area contributed by atoms with Crippen LogP contribution in [-0.2, 0) is 10.8 Å². The predicted molar refractivity (Wildman–Crippen MR) is 163 cm³/mol. The second-order valence-corrected chi connectivity index (χ2v) is 12.1. The molecule has 2 aliphatic rings. The second-order valence-electron chi connectivity index (χ2n) is 12.1. The molecule has 37 heavy (non-hydrogen) atoms. The number of para-hydroxylation sites is 1. The highest BCUT2D eigenvalue weighted by molar-refractivity contribution is 5.82. The van der Waals surface area contributed by atoms with E-state index in [0.29, 0.717) is 0 Å². The summed E-state index contributed by atoms with van der Waals surface area (Å²) in [6.45, 7) is 15.3. The van der Waals surface area contributed by atoms with E-state index in [4.69, 9.17) is 0 Å². The molecule has 0 saturated carbocycles. The smallest absolute Gasteiger partial charge is 0.0450 e. The topological polar surface area (TPSA) is 3.24 Å². The zero-order valence-corrected chi connectivity index (χ0v) is 24.4. The Labute approximate surface area is 227 Å². The third kappa shape index (κ3) is 5.52. The van der Waals surface area contributed by atoms with Crippen molar-refractivity contribution in [2.75, 3.05) is 11.4 Å². The van der Waals surface area contributed by atoms with Gasteiger partial charge in [0.15, 0.2) is 0 Å². The molecular formula is C36H49N. The Kier molecular flexibility index (Phi) is 8.83. The third-order valence-electron chi connectivity index (χ3n) is 8.76. The van der Waals surface area contributed by atoms with Crippen molar-refractivity contribution in [3.8, 4) is 0 Å². The lowest BCUT2D eigenvalue weighted by molar-refractivity contribution is 0.612. The normalized spacial score (nSPS) is 18.8. The zero-order chi connectivity index (χ0) is 26.5. The summed E-state index contributed by atoms with van der Waals surface area (Å²) >= 11 is 0. The van der Waals surface area contributed by atoms with Crippen molar-refractivity contribution in [1.29, 1.82) is 0 Å². The maximum absolute atomic E-state index is 2.60. The van der Waals surface area contributed by atoms with Crippen molar-refractivity contribution in [3.05, 3.63) is 94.7 Å². The van der Waals surface area contributed by atoms with E-state index in [0.717, 1.165) is 6.54 Å². The highest BCUT2D eigenvalue weighted by Gasteiger charge is 2.39. The van der Waals surface area contributed by atoms with Gasteiger partial charge in [0.2, 0.25) is 0 Å². The van der Waals surface area contributed by atoms with Gasteiger partial charge in [-0.3, -0.25) is 0 Å². The van der Waals surface area contributed by atoms with Gasteiger partial charge in [0, 0.05) is 28.8 Å². The monoisotopic (exact) mass is 495 g/mol. The van der Waals surface area contributed by atoms with Crippen molar-refractivity contribution < 1.29 is 0 Å². The van der Waals surface area contributed by atoms with Crippen molar-refractivity contribution in [3.63, 3.8) is 0 Å². The maximum Gasteiger partial charge on any atom is 0.0450 e. The fraction of sp³-hybridized carbons (Fsp3) is 0.500. The van der Waals surface area contributed by atoms with Crippen LogP contribution in [0.4, 0.5) is 5.69 Å². The first-order valence-corrected chi connectivity index (χ1v) is 14.9. The minimum absolute atomic E-state index is 0.0111. The van der Waals surface area contributed by atoms with Gasteiger partial charge >= 0.3 is 0 Å². The minimum atomic E-state index is 0.0111. The van der Waals surface area contributed by atoms with Gasteiger partial charge in [-0.1, -0.05) is 135 Å². The maximum atomic E-state index is 2.60. The summed E-state index contributed by atoms with van der Waals surface area (Å²) in [5.74, 6) is 0. The lowest BCUT2D eigenvalue weighted by Crippen LogP contribution is -2.27. The molecule has 0 N–H and O–H groups in total. The number of fused-ring (bicyclic) bond motifs is 2. The summed E-state index contributed by atoms with van der Waals surface area (Å²) in [6, 6.07) is 18.1. The molecule has 4 rings (SSSR count). The van der Waals surface area contributed by atoms with Crippen LogP contribution in [-0.4, -0.2) is 6.54 Å². The molecule has 1 heteroatoms. The van der Waals surface area contributed by atoms with Gasteiger partial charge in [0.05, 0.1) is 0 Å². The first kappa shape index (κ1) is 27.5. The molecular weight excluding hydrogens is 446 g/mol. The highest BCUT2D eigenvalue weighted by atomic mass is 15.2. The Balaban J connectivity index is 1.67.